The largest absolute Gasteiger partial charge is 0.389 e. The van der Waals surface area contributed by atoms with Crippen molar-refractivity contribution in [1.29, 1.82) is 5.26 Å². The van der Waals surface area contributed by atoms with Gasteiger partial charge < -0.3 is 10.1 Å². The van der Waals surface area contributed by atoms with Crippen molar-refractivity contribution in [2.45, 2.75) is 26.4 Å². The zero-order valence-corrected chi connectivity index (χ0v) is 9.57. The molecule has 84 valence electrons. The zero-order chi connectivity index (χ0) is 12.0. The fraction of sp³-hybridized carbons (Fsp3) is 0.308. The van der Waals surface area contributed by atoms with Crippen LogP contribution in [-0.2, 0) is 6.42 Å². The molecular formula is C13H16N2O. The van der Waals surface area contributed by atoms with Gasteiger partial charge >= 0.3 is 0 Å². The SMILES string of the molecule is C\C=C/C=c1/c(CC#N)c[nH]/c1=C\C(C)O. The molecule has 1 heterocycles. The van der Waals surface area contributed by atoms with E-state index in [2.05, 4.69) is 11.1 Å². The van der Waals surface area contributed by atoms with E-state index >= 15 is 0 Å². The summed E-state index contributed by atoms with van der Waals surface area (Å²) < 4.78 is 0. The Balaban J connectivity index is 3.38. The maximum Gasteiger partial charge on any atom is 0.0715 e. The minimum atomic E-state index is -0.508. The van der Waals surface area contributed by atoms with Gasteiger partial charge in [-0.2, -0.15) is 5.26 Å². The van der Waals surface area contributed by atoms with Gasteiger partial charge in [0.05, 0.1) is 18.6 Å². The molecule has 3 heteroatoms. The third-order valence-electron chi connectivity index (χ3n) is 2.17. The number of hydrogen-bond acceptors (Lipinski definition) is 2. The second-order valence-corrected chi connectivity index (χ2v) is 3.58. The van der Waals surface area contributed by atoms with E-state index in [1.807, 2.05) is 31.3 Å². The highest BCUT2D eigenvalue weighted by Crippen LogP contribution is 1.88. The lowest BCUT2D eigenvalue weighted by atomic mass is 10.2. The number of aromatic amines is 1. The third-order valence-corrected chi connectivity index (χ3v) is 2.17. The number of hydrogen-bond donors (Lipinski definition) is 2. The molecule has 1 atom stereocenters. The molecule has 0 aromatic carbocycles. The van der Waals surface area contributed by atoms with Crippen LogP contribution in [0, 0.1) is 11.3 Å². The van der Waals surface area contributed by atoms with Gasteiger partial charge in [-0.25, -0.2) is 0 Å². The maximum atomic E-state index is 9.32. The Hall–Kier alpha value is -1.79. The molecule has 2 N–H and O–H groups in total. The summed E-state index contributed by atoms with van der Waals surface area (Å²) in [7, 11) is 0. The van der Waals surface area contributed by atoms with Crippen LogP contribution in [-0.4, -0.2) is 16.2 Å². The molecule has 0 radical (unpaired) electrons. The average molecular weight is 216 g/mol. The first-order valence-electron chi connectivity index (χ1n) is 5.25. The first kappa shape index (κ1) is 12.3. The van der Waals surface area contributed by atoms with Crippen molar-refractivity contribution in [3.8, 4) is 6.07 Å². The van der Waals surface area contributed by atoms with Crippen molar-refractivity contribution >= 4 is 12.2 Å². The molecule has 1 aromatic rings. The second-order valence-electron chi connectivity index (χ2n) is 3.58. The van der Waals surface area contributed by atoms with Crippen LogP contribution in [0.4, 0.5) is 0 Å². The van der Waals surface area contributed by atoms with Crippen molar-refractivity contribution < 1.29 is 5.11 Å². The molecule has 16 heavy (non-hydrogen) atoms. The van der Waals surface area contributed by atoms with Gasteiger partial charge in [0, 0.05) is 16.8 Å². The zero-order valence-electron chi connectivity index (χ0n) is 9.57. The molecule has 0 aliphatic carbocycles. The summed E-state index contributed by atoms with van der Waals surface area (Å²) in [6.45, 7) is 3.63. The summed E-state index contributed by atoms with van der Waals surface area (Å²) in [6.07, 6.45) is 9.19. The number of allylic oxidation sites excluding steroid dienone is 2. The van der Waals surface area contributed by atoms with Gasteiger partial charge in [0.15, 0.2) is 0 Å². The minimum Gasteiger partial charge on any atom is -0.389 e. The van der Waals surface area contributed by atoms with Gasteiger partial charge in [-0.1, -0.05) is 18.2 Å². The summed E-state index contributed by atoms with van der Waals surface area (Å²) in [5, 5.41) is 19.9. The molecule has 0 aliphatic heterocycles. The highest BCUT2D eigenvalue weighted by molar-refractivity contribution is 5.42. The Morgan fingerprint density at radius 3 is 2.94 bits per heavy atom. The lowest BCUT2D eigenvalue weighted by Crippen LogP contribution is -2.26. The summed E-state index contributed by atoms with van der Waals surface area (Å²) in [6, 6.07) is 2.13. The molecule has 0 bridgehead atoms. The smallest absolute Gasteiger partial charge is 0.0715 e. The maximum absolute atomic E-state index is 9.32. The lowest BCUT2D eigenvalue weighted by molar-refractivity contribution is 0.258. The molecule has 1 aromatic heterocycles. The number of aromatic nitrogens is 1. The van der Waals surface area contributed by atoms with Crippen LogP contribution in [0.1, 0.15) is 19.4 Å². The second kappa shape index (κ2) is 5.94. The van der Waals surface area contributed by atoms with Gasteiger partial charge in [-0.15, -0.1) is 0 Å². The monoisotopic (exact) mass is 216 g/mol. The fourth-order valence-corrected chi connectivity index (χ4v) is 1.49. The van der Waals surface area contributed by atoms with E-state index in [0.29, 0.717) is 6.42 Å². The molecular weight excluding hydrogens is 200 g/mol. The molecule has 0 fully saturated rings. The number of H-pyrrole nitrogens is 1. The molecule has 0 amide bonds. The Morgan fingerprint density at radius 2 is 2.38 bits per heavy atom. The van der Waals surface area contributed by atoms with E-state index in [0.717, 1.165) is 16.1 Å². The highest BCUT2D eigenvalue weighted by atomic mass is 16.3. The number of nitriles is 1. The third kappa shape index (κ3) is 3.11. The molecule has 0 spiro atoms. The Morgan fingerprint density at radius 1 is 1.62 bits per heavy atom. The molecule has 0 saturated heterocycles. The topological polar surface area (TPSA) is 59.8 Å². The Labute approximate surface area is 95.0 Å². The van der Waals surface area contributed by atoms with E-state index in [1.54, 1.807) is 13.0 Å². The molecule has 3 nitrogen and oxygen atoms in total. The van der Waals surface area contributed by atoms with Crippen molar-refractivity contribution in [1.82, 2.24) is 4.98 Å². The van der Waals surface area contributed by atoms with Crippen molar-refractivity contribution in [2.75, 3.05) is 0 Å². The molecule has 0 aliphatic rings. The Bertz CT molecular complexity index is 515. The normalized spacial score (nSPS) is 15.6. The molecule has 1 rings (SSSR count). The van der Waals surface area contributed by atoms with Crippen molar-refractivity contribution in [2.24, 2.45) is 0 Å². The van der Waals surface area contributed by atoms with Crippen molar-refractivity contribution in [3.63, 3.8) is 0 Å². The fourth-order valence-electron chi connectivity index (χ4n) is 1.49. The van der Waals surface area contributed by atoms with Gasteiger partial charge in [0.2, 0.25) is 0 Å². The number of rotatable bonds is 3. The van der Waals surface area contributed by atoms with Crippen LogP contribution >= 0.6 is 0 Å². The first-order valence-corrected chi connectivity index (χ1v) is 5.25. The standard InChI is InChI=1S/C13H16N2O/c1-3-4-5-12-11(6-7-14)9-15-13(12)8-10(2)16/h3-5,8-10,15-16H,6H2,1-2H3/b4-3-,12-5-,13-8-. The number of aliphatic hydroxyl groups is 1. The van der Waals surface area contributed by atoms with Crippen LogP contribution in [0.15, 0.2) is 18.3 Å². The summed E-state index contributed by atoms with van der Waals surface area (Å²) in [5.74, 6) is 0. The van der Waals surface area contributed by atoms with Crippen LogP contribution in [0.2, 0.25) is 0 Å². The van der Waals surface area contributed by atoms with Gasteiger partial charge in [0.25, 0.3) is 0 Å². The summed E-state index contributed by atoms with van der Waals surface area (Å²) in [4.78, 5) is 3.07. The van der Waals surface area contributed by atoms with Crippen molar-refractivity contribution in [3.05, 3.63) is 34.5 Å². The van der Waals surface area contributed by atoms with Crippen LogP contribution in [0.25, 0.3) is 12.2 Å². The quantitative estimate of drug-likeness (QED) is 0.777. The summed E-state index contributed by atoms with van der Waals surface area (Å²) in [5.41, 5.74) is 0.951. The van der Waals surface area contributed by atoms with E-state index in [9.17, 15) is 5.11 Å². The first-order chi connectivity index (χ1) is 7.69. The highest BCUT2D eigenvalue weighted by Gasteiger charge is 1.99. The minimum absolute atomic E-state index is 0.369. The predicted octanol–water partition coefficient (Wildman–Crippen LogP) is 0.599. The van der Waals surface area contributed by atoms with Crippen LogP contribution in [0.5, 0.6) is 0 Å². The Kier molecular flexibility index (Phi) is 4.56. The number of nitrogens with zero attached hydrogens (tertiary/aromatic N) is 1. The number of nitrogens with one attached hydrogen (secondary N) is 1. The van der Waals surface area contributed by atoms with E-state index < -0.39 is 6.10 Å². The van der Waals surface area contributed by atoms with Crippen LogP contribution in [0.3, 0.4) is 0 Å². The lowest BCUT2D eigenvalue weighted by Gasteiger charge is -1.91. The van der Waals surface area contributed by atoms with E-state index in [-0.39, 0.29) is 0 Å². The van der Waals surface area contributed by atoms with Gasteiger partial charge in [-0.05, 0) is 25.5 Å². The van der Waals surface area contributed by atoms with Crippen LogP contribution < -0.4 is 10.6 Å². The van der Waals surface area contributed by atoms with E-state index in [4.69, 9.17) is 5.26 Å². The molecule has 0 saturated carbocycles. The average Bonchev–Trinajstić information content (AvgIpc) is 2.58. The van der Waals surface area contributed by atoms with Gasteiger partial charge in [0.1, 0.15) is 0 Å². The summed E-state index contributed by atoms with van der Waals surface area (Å²) >= 11 is 0. The predicted molar refractivity (Wildman–Crippen MR) is 64.8 cm³/mol. The van der Waals surface area contributed by atoms with Gasteiger partial charge in [-0.3, -0.25) is 0 Å². The van der Waals surface area contributed by atoms with E-state index in [1.165, 1.54) is 0 Å². The molecule has 1 unspecified atom stereocenters. The number of aliphatic hydroxyl groups excluding tert-OH is 1.